The molecule has 2 aromatic rings. The van der Waals surface area contributed by atoms with E-state index in [1.807, 2.05) is 22.8 Å². The van der Waals surface area contributed by atoms with Gasteiger partial charge in [0.15, 0.2) is 0 Å². The van der Waals surface area contributed by atoms with E-state index in [1.54, 1.807) is 12.7 Å². The number of benzene rings is 1. The van der Waals surface area contributed by atoms with E-state index in [0.29, 0.717) is 0 Å². The molecule has 0 amide bonds. The average molecular weight is 185 g/mol. The number of rotatable bonds is 3. The van der Waals surface area contributed by atoms with Gasteiger partial charge in [0.25, 0.3) is 0 Å². The zero-order chi connectivity index (χ0) is 9.80. The maximum atomic E-state index is 3.75. The van der Waals surface area contributed by atoms with E-state index in [9.17, 15) is 0 Å². The van der Waals surface area contributed by atoms with Gasteiger partial charge in [-0.15, -0.1) is 16.8 Å². The summed E-state index contributed by atoms with van der Waals surface area (Å²) in [6.07, 6.45) is 6.17. The third kappa shape index (κ3) is 1.71. The van der Waals surface area contributed by atoms with E-state index in [1.165, 1.54) is 5.56 Å². The predicted molar refractivity (Wildman–Crippen MR) is 55.3 cm³/mol. The second-order valence-corrected chi connectivity index (χ2v) is 3.03. The molecule has 3 heteroatoms. The number of aromatic nitrogens is 3. The minimum absolute atomic E-state index is 0.905. The van der Waals surface area contributed by atoms with E-state index >= 15 is 0 Å². The molecule has 0 atom stereocenters. The van der Waals surface area contributed by atoms with Crippen molar-refractivity contribution in [2.45, 2.75) is 6.42 Å². The van der Waals surface area contributed by atoms with Crippen molar-refractivity contribution in [3.05, 3.63) is 55.1 Å². The Hall–Kier alpha value is -1.90. The molecule has 0 unspecified atom stereocenters. The highest BCUT2D eigenvalue weighted by Crippen LogP contribution is 2.09. The Kier molecular flexibility index (Phi) is 2.40. The van der Waals surface area contributed by atoms with Crippen LogP contribution in [0.3, 0.4) is 0 Å². The molecule has 3 nitrogen and oxygen atoms in total. The van der Waals surface area contributed by atoms with Gasteiger partial charge in [-0.05, 0) is 24.1 Å². The topological polar surface area (TPSA) is 30.7 Å². The first-order chi connectivity index (χ1) is 6.90. The molecule has 0 radical (unpaired) electrons. The molecule has 0 aliphatic carbocycles. The lowest BCUT2D eigenvalue weighted by atomic mass is 10.1. The van der Waals surface area contributed by atoms with Crippen molar-refractivity contribution >= 4 is 0 Å². The normalized spacial score (nSPS) is 10.0. The van der Waals surface area contributed by atoms with Crippen LogP contribution in [0.2, 0.25) is 0 Å². The van der Waals surface area contributed by atoms with Crippen LogP contribution < -0.4 is 0 Å². The van der Waals surface area contributed by atoms with Crippen molar-refractivity contribution < 1.29 is 0 Å². The van der Waals surface area contributed by atoms with Crippen LogP contribution in [-0.2, 0) is 6.42 Å². The highest BCUT2D eigenvalue weighted by molar-refractivity contribution is 5.34. The minimum Gasteiger partial charge on any atom is -0.288 e. The zero-order valence-electron chi connectivity index (χ0n) is 7.80. The van der Waals surface area contributed by atoms with Crippen LogP contribution in [0.4, 0.5) is 0 Å². The van der Waals surface area contributed by atoms with Crippen LogP contribution in [0.15, 0.2) is 49.6 Å². The van der Waals surface area contributed by atoms with E-state index in [-0.39, 0.29) is 0 Å². The highest BCUT2D eigenvalue weighted by Gasteiger charge is 1.95. The lowest BCUT2D eigenvalue weighted by Crippen LogP contribution is -1.90. The molecule has 1 aromatic heterocycles. The van der Waals surface area contributed by atoms with Crippen LogP contribution in [-0.4, -0.2) is 14.8 Å². The number of hydrogen-bond acceptors (Lipinski definition) is 2. The van der Waals surface area contributed by atoms with Gasteiger partial charge in [0.1, 0.15) is 12.7 Å². The summed E-state index contributed by atoms with van der Waals surface area (Å²) in [5.41, 5.74) is 2.33. The standard InChI is InChI=1S/C11H11N3/c1-2-3-10-4-6-11(7-5-10)14-8-12-13-9-14/h2,4-9H,1,3H2. The fourth-order valence-corrected chi connectivity index (χ4v) is 1.30. The highest BCUT2D eigenvalue weighted by atomic mass is 15.2. The number of hydrogen-bond donors (Lipinski definition) is 0. The lowest BCUT2D eigenvalue weighted by molar-refractivity contribution is 1.05. The predicted octanol–water partition coefficient (Wildman–Crippen LogP) is 2.00. The summed E-state index contributed by atoms with van der Waals surface area (Å²) in [6, 6.07) is 8.25. The Morgan fingerprint density at radius 3 is 2.36 bits per heavy atom. The van der Waals surface area contributed by atoms with E-state index < -0.39 is 0 Å². The van der Waals surface area contributed by atoms with Crippen LogP contribution in [0, 0.1) is 0 Å². The fraction of sp³-hybridized carbons (Fsp3) is 0.0909. The third-order valence-corrected chi connectivity index (χ3v) is 2.03. The second kappa shape index (κ2) is 3.87. The van der Waals surface area contributed by atoms with E-state index in [2.05, 4.69) is 28.9 Å². The number of allylic oxidation sites excluding steroid dienone is 1. The molecule has 70 valence electrons. The first kappa shape index (κ1) is 8.69. The smallest absolute Gasteiger partial charge is 0.123 e. The summed E-state index contributed by atoms with van der Waals surface area (Å²) < 4.78 is 1.87. The van der Waals surface area contributed by atoms with Crippen LogP contribution in [0.5, 0.6) is 0 Å². The summed E-state index contributed by atoms with van der Waals surface area (Å²) in [4.78, 5) is 0. The van der Waals surface area contributed by atoms with Gasteiger partial charge in [-0.3, -0.25) is 4.57 Å². The molecule has 0 N–H and O–H groups in total. The molecule has 0 spiro atoms. The first-order valence-electron chi connectivity index (χ1n) is 4.45. The zero-order valence-corrected chi connectivity index (χ0v) is 7.80. The third-order valence-electron chi connectivity index (χ3n) is 2.03. The number of nitrogens with zero attached hydrogens (tertiary/aromatic N) is 3. The maximum absolute atomic E-state index is 3.75. The molecular weight excluding hydrogens is 174 g/mol. The SMILES string of the molecule is C=CCc1ccc(-n2cnnc2)cc1. The van der Waals surface area contributed by atoms with Crippen molar-refractivity contribution in [2.24, 2.45) is 0 Å². The van der Waals surface area contributed by atoms with Gasteiger partial charge in [0.05, 0.1) is 0 Å². The lowest BCUT2D eigenvalue weighted by Gasteiger charge is -2.01. The summed E-state index contributed by atoms with van der Waals surface area (Å²) >= 11 is 0. The fourth-order valence-electron chi connectivity index (χ4n) is 1.30. The van der Waals surface area contributed by atoms with Gasteiger partial charge in [0, 0.05) is 5.69 Å². The van der Waals surface area contributed by atoms with Gasteiger partial charge in [-0.25, -0.2) is 0 Å². The van der Waals surface area contributed by atoms with Gasteiger partial charge >= 0.3 is 0 Å². The molecule has 1 aromatic carbocycles. The summed E-state index contributed by atoms with van der Waals surface area (Å²) in [5.74, 6) is 0. The Morgan fingerprint density at radius 1 is 1.14 bits per heavy atom. The monoisotopic (exact) mass is 185 g/mol. The Morgan fingerprint density at radius 2 is 1.79 bits per heavy atom. The molecule has 0 bridgehead atoms. The van der Waals surface area contributed by atoms with Gasteiger partial charge in [-0.1, -0.05) is 18.2 Å². The maximum Gasteiger partial charge on any atom is 0.123 e. The van der Waals surface area contributed by atoms with Crippen LogP contribution in [0.1, 0.15) is 5.56 Å². The summed E-state index contributed by atoms with van der Waals surface area (Å²) in [7, 11) is 0. The van der Waals surface area contributed by atoms with Crippen molar-refractivity contribution in [3.63, 3.8) is 0 Å². The molecular formula is C11H11N3. The van der Waals surface area contributed by atoms with E-state index in [0.717, 1.165) is 12.1 Å². The minimum atomic E-state index is 0.905. The second-order valence-electron chi connectivity index (χ2n) is 3.03. The molecule has 0 aliphatic heterocycles. The van der Waals surface area contributed by atoms with Crippen molar-refractivity contribution in [3.8, 4) is 5.69 Å². The van der Waals surface area contributed by atoms with Crippen molar-refractivity contribution in [1.82, 2.24) is 14.8 Å². The van der Waals surface area contributed by atoms with Gasteiger partial charge in [-0.2, -0.15) is 0 Å². The Balaban J connectivity index is 2.26. The molecule has 0 fully saturated rings. The van der Waals surface area contributed by atoms with Crippen LogP contribution in [0.25, 0.3) is 5.69 Å². The molecule has 0 saturated heterocycles. The first-order valence-corrected chi connectivity index (χ1v) is 4.45. The average Bonchev–Trinajstić information content (AvgIpc) is 2.72. The van der Waals surface area contributed by atoms with E-state index in [4.69, 9.17) is 0 Å². The van der Waals surface area contributed by atoms with Crippen molar-refractivity contribution in [1.29, 1.82) is 0 Å². The Bertz CT molecular complexity index is 401. The molecule has 1 heterocycles. The summed E-state index contributed by atoms with van der Waals surface area (Å²) in [6.45, 7) is 3.70. The molecule has 2 rings (SSSR count). The van der Waals surface area contributed by atoms with Gasteiger partial charge < -0.3 is 0 Å². The quantitative estimate of drug-likeness (QED) is 0.685. The molecule has 0 aliphatic rings. The Labute approximate surface area is 82.7 Å². The van der Waals surface area contributed by atoms with Crippen molar-refractivity contribution in [2.75, 3.05) is 0 Å². The van der Waals surface area contributed by atoms with Gasteiger partial charge in [0.2, 0.25) is 0 Å². The van der Waals surface area contributed by atoms with Crippen LogP contribution >= 0.6 is 0 Å². The molecule has 14 heavy (non-hydrogen) atoms. The summed E-state index contributed by atoms with van der Waals surface area (Å²) in [5, 5.41) is 7.51. The largest absolute Gasteiger partial charge is 0.288 e. The molecule has 0 saturated carbocycles.